The van der Waals surface area contributed by atoms with E-state index in [1.165, 1.54) is 36.7 Å². The molecule has 1 unspecified atom stereocenters. The lowest BCUT2D eigenvalue weighted by Crippen LogP contribution is -2.45. The number of anilines is 2. The minimum Gasteiger partial charge on any atom is -0.497 e. The second-order valence-electron chi connectivity index (χ2n) is 12.3. The lowest BCUT2D eigenvalue weighted by Gasteiger charge is -2.34. The second kappa shape index (κ2) is 15.2. The van der Waals surface area contributed by atoms with Crippen molar-refractivity contribution in [3.05, 3.63) is 99.8 Å². The molecule has 3 aromatic carbocycles. The van der Waals surface area contributed by atoms with Crippen molar-refractivity contribution in [1.29, 1.82) is 0 Å². The lowest BCUT2D eigenvalue weighted by molar-refractivity contribution is -0.138. The number of aliphatic hydroxyl groups is 1. The van der Waals surface area contributed by atoms with E-state index in [1.807, 2.05) is 34.1 Å². The van der Waals surface area contributed by atoms with Crippen LogP contribution in [0.1, 0.15) is 52.1 Å². The highest BCUT2D eigenvalue weighted by atomic mass is 35.5. The molecule has 10 nitrogen and oxygen atoms in total. The van der Waals surface area contributed by atoms with Gasteiger partial charge in [0.25, 0.3) is 5.91 Å². The first-order valence-corrected chi connectivity index (χ1v) is 16.7. The number of ether oxygens (including phenoxy) is 2. The molecule has 1 amide bonds. The fourth-order valence-electron chi connectivity index (χ4n) is 6.22. The van der Waals surface area contributed by atoms with E-state index in [-0.39, 0.29) is 40.0 Å². The summed E-state index contributed by atoms with van der Waals surface area (Å²) in [5.74, 6) is 0.738. The Morgan fingerprint density at radius 2 is 1.72 bits per heavy atom. The zero-order valence-electron chi connectivity index (χ0n) is 27.7. The summed E-state index contributed by atoms with van der Waals surface area (Å²) in [6, 6.07) is 15.8. The van der Waals surface area contributed by atoms with Gasteiger partial charge in [-0.25, -0.2) is 9.97 Å². The molecule has 0 spiro atoms. The third-order valence-corrected chi connectivity index (χ3v) is 9.36. The molecule has 1 aromatic heterocycles. The van der Waals surface area contributed by atoms with Gasteiger partial charge in [-0.3, -0.25) is 9.69 Å². The van der Waals surface area contributed by atoms with Gasteiger partial charge in [-0.05, 0) is 66.6 Å². The molecule has 2 aliphatic rings. The van der Waals surface area contributed by atoms with Gasteiger partial charge in [0.15, 0.2) is 0 Å². The van der Waals surface area contributed by atoms with Crippen LogP contribution in [0.15, 0.2) is 67.0 Å². The molecule has 14 heteroatoms. The molecule has 1 saturated heterocycles. The van der Waals surface area contributed by atoms with Crippen LogP contribution < -0.4 is 19.7 Å². The number of hydrogen-bond acceptors (Lipinski definition) is 9. The summed E-state index contributed by atoms with van der Waals surface area (Å²) in [5, 5.41) is 13.7. The number of nitrogens with one attached hydrogen (secondary N) is 1. The Hall–Kier alpha value is -4.43. The Kier molecular flexibility index (Phi) is 10.8. The minimum absolute atomic E-state index is 0.00393. The van der Waals surface area contributed by atoms with Crippen LogP contribution in [0.3, 0.4) is 0 Å². The van der Waals surface area contributed by atoms with Crippen molar-refractivity contribution < 1.29 is 32.5 Å². The lowest BCUT2D eigenvalue weighted by atomic mass is 10.0. The molecule has 4 aromatic rings. The Labute approximate surface area is 293 Å². The fourth-order valence-corrected chi connectivity index (χ4v) is 6.38. The normalized spacial score (nSPS) is 16.9. The predicted molar refractivity (Wildman–Crippen MR) is 184 cm³/mol. The molecule has 3 heterocycles. The van der Waals surface area contributed by atoms with Gasteiger partial charge in [0.1, 0.15) is 23.6 Å². The van der Waals surface area contributed by atoms with Gasteiger partial charge in [-0.1, -0.05) is 36.7 Å². The quantitative estimate of drug-likeness (QED) is 0.184. The Balaban J connectivity index is 1.19. The van der Waals surface area contributed by atoms with Crippen molar-refractivity contribution in [2.45, 2.75) is 38.7 Å². The number of nitrogens with zero attached hydrogens (tertiary/aromatic N) is 5. The van der Waals surface area contributed by atoms with E-state index in [2.05, 4.69) is 27.1 Å². The number of alkyl halides is 3. The van der Waals surface area contributed by atoms with E-state index in [4.69, 9.17) is 21.1 Å². The number of rotatable bonds is 10. The summed E-state index contributed by atoms with van der Waals surface area (Å²) in [6.45, 7) is 7.19. The molecule has 2 N–H and O–H groups in total. The maximum Gasteiger partial charge on any atom is 0.416 e. The van der Waals surface area contributed by atoms with E-state index in [0.717, 1.165) is 37.0 Å². The van der Waals surface area contributed by atoms with Crippen LogP contribution in [0.5, 0.6) is 17.4 Å². The van der Waals surface area contributed by atoms with E-state index in [0.29, 0.717) is 44.0 Å². The Morgan fingerprint density at radius 1 is 0.980 bits per heavy atom. The average molecular weight is 711 g/mol. The first-order valence-electron chi connectivity index (χ1n) is 16.4. The first kappa shape index (κ1) is 35.4. The van der Waals surface area contributed by atoms with E-state index in [1.54, 1.807) is 7.11 Å². The minimum atomic E-state index is -4.60. The van der Waals surface area contributed by atoms with Crippen molar-refractivity contribution in [2.75, 3.05) is 56.6 Å². The van der Waals surface area contributed by atoms with Gasteiger partial charge in [0.05, 0.1) is 29.4 Å². The maximum absolute atomic E-state index is 14.2. The predicted octanol–water partition coefficient (Wildman–Crippen LogP) is 6.78. The van der Waals surface area contributed by atoms with Gasteiger partial charge < -0.3 is 29.7 Å². The van der Waals surface area contributed by atoms with Gasteiger partial charge in [-0.2, -0.15) is 13.2 Å². The van der Waals surface area contributed by atoms with E-state index in [9.17, 15) is 23.1 Å². The van der Waals surface area contributed by atoms with Crippen molar-refractivity contribution in [1.82, 2.24) is 19.8 Å². The van der Waals surface area contributed by atoms with Crippen LogP contribution >= 0.6 is 11.6 Å². The number of methoxy groups -OCH3 is 1. The Bertz CT molecular complexity index is 1820. The standard InChI is InChI=1S/C36H38ClF3N6O4/c1-3-44-14-16-45(17-15-44)21-25-6-8-26(19-28(25)36(38,39)40)43-34(48)24-7-11-29(37)31(18-24)50-35-32-30(47)12-13-46(33(32)41-22-42-35)20-23-4-9-27(49-2)10-5-23/h4-11,18-19,22,30,47H,3,12-17,20-21H2,1-2H3,(H,43,48). The number of hydrogen-bond donors (Lipinski definition) is 2. The maximum atomic E-state index is 14.2. The summed E-state index contributed by atoms with van der Waals surface area (Å²) in [4.78, 5) is 28.3. The van der Waals surface area contributed by atoms with Crippen molar-refractivity contribution >= 4 is 29.0 Å². The highest BCUT2D eigenvalue weighted by Crippen LogP contribution is 2.41. The van der Waals surface area contributed by atoms with Gasteiger partial charge in [0, 0.05) is 57.1 Å². The third-order valence-electron chi connectivity index (χ3n) is 9.04. The SMILES string of the molecule is CCN1CCN(Cc2ccc(NC(=O)c3ccc(Cl)c(Oc4ncnc5c4C(O)CCN5Cc4ccc(OC)cc4)c3)cc2C(F)(F)F)CC1. The third kappa shape index (κ3) is 8.13. The molecule has 0 bridgehead atoms. The highest BCUT2D eigenvalue weighted by molar-refractivity contribution is 6.32. The van der Waals surface area contributed by atoms with E-state index >= 15 is 0 Å². The van der Waals surface area contributed by atoms with Crippen LogP contribution in [-0.4, -0.2) is 77.2 Å². The zero-order valence-corrected chi connectivity index (χ0v) is 28.5. The number of fused-ring (bicyclic) bond motifs is 1. The van der Waals surface area contributed by atoms with Gasteiger partial charge in [-0.15, -0.1) is 0 Å². The number of halogens is 4. The van der Waals surface area contributed by atoms with Crippen LogP contribution in [0.2, 0.25) is 5.02 Å². The summed E-state index contributed by atoms with van der Waals surface area (Å²) < 4.78 is 53.8. The Morgan fingerprint density at radius 3 is 2.42 bits per heavy atom. The number of amides is 1. The van der Waals surface area contributed by atoms with E-state index < -0.39 is 23.8 Å². The molecule has 1 atom stereocenters. The number of aliphatic hydroxyl groups excluding tert-OH is 1. The smallest absolute Gasteiger partial charge is 0.416 e. The zero-order chi connectivity index (χ0) is 35.4. The molecule has 264 valence electrons. The summed E-state index contributed by atoms with van der Waals surface area (Å²) in [7, 11) is 1.60. The second-order valence-corrected chi connectivity index (χ2v) is 12.7. The first-order chi connectivity index (χ1) is 24.0. The summed E-state index contributed by atoms with van der Waals surface area (Å²) in [6.07, 6.45) is -3.79. The van der Waals surface area contributed by atoms with Crippen molar-refractivity contribution in [2.24, 2.45) is 0 Å². The summed E-state index contributed by atoms with van der Waals surface area (Å²) >= 11 is 6.46. The number of piperazine rings is 1. The van der Waals surface area contributed by atoms with Crippen LogP contribution in [0, 0.1) is 0 Å². The van der Waals surface area contributed by atoms with Crippen LogP contribution in [0.4, 0.5) is 24.7 Å². The average Bonchev–Trinajstić information content (AvgIpc) is 3.11. The largest absolute Gasteiger partial charge is 0.497 e. The molecule has 0 aliphatic carbocycles. The highest BCUT2D eigenvalue weighted by Gasteiger charge is 2.35. The van der Waals surface area contributed by atoms with Gasteiger partial charge >= 0.3 is 6.18 Å². The molecular formula is C36H38ClF3N6O4. The number of likely N-dealkylation sites (N-methyl/N-ethyl adjacent to an activating group) is 1. The molecular weight excluding hydrogens is 673 g/mol. The topological polar surface area (TPSA) is 103 Å². The number of carbonyl (C=O) groups is 1. The summed E-state index contributed by atoms with van der Waals surface area (Å²) in [5.41, 5.74) is 0.857. The monoisotopic (exact) mass is 710 g/mol. The van der Waals surface area contributed by atoms with Crippen molar-refractivity contribution in [3.63, 3.8) is 0 Å². The molecule has 2 aliphatic heterocycles. The molecule has 0 saturated carbocycles. The van der Waals surface area contributed by atoms with Crippen LogP contribution in [-0.2, 0) is 19.3 Å². The molecule has 6 rings (SSSR count). The number of carbonyl (C=O) groups excluding carboxylic acids is 1. The fraction of sp³-hybridized carbons (Fsp3) is 0.361. The van der Waals surface area contributed by atoms with Crippen molar-refractivity contribution in [3.8, 4) is 17.4 Å². The molecule has 0 radical (unpaired) electrons. The van der Waals surface area contributed by atoms with Crippen LogP contribution in [0.25, 0.3) is 0 Å². The number of aromatic nitrogens is 2. The molecule has 1 fully saturated rings. The van der Waals surface area contributed by atoms with Gasteiger partial charge in [0.2, 0.25) is 5.88 Å². The molecule has 50 heavy (non-hydrogen) atoms. The number of benzene rings is 3.